The number of hydrogen-bond acceptors (Lipinski definition) is 7. The highest BCUT2D eigenvalue weighted by atomic mass is 16.5. The Morgan fingerprint density at radius 3 is 2.62 bits per heavy atom. The van der Waals surface area contributed by atoms with Crippen molar-refractivity contribution in [3.8, 4) is 28.3 Å². The topological polar surface area (TPSA) is 77.3 Å². The molecule has 6 rings (SSSR count). The molecule has 37 heavy (non-hydrogen) atoms. The summed E-state index contributed by atoms with van der Waals surface area (Å²) >= 11 is 0. The Hall–Kier alpha value is -2.97. The van der Waals surface area contributed by atoms with Crippen molar-refractivity contribution in [1.82, 2.24) is 25.1 Å². The van der Waals surface area contributed by atoms with Gasteiger partial charge in [0.15, 0.2) is 5.82 Å². The SMILES string of the molecule is CN(c1cnc2c(n1)OCc1cc(-c3cnn(C4CCCCO4)c3)ccc1-2)C1CC(C)(C)NC(C)(C)C1. The molecule has 0 radical (unpaired) electrons. The highest BCUT2D eigenvalue weighted by molar-refractivity contribution is 5.75. The third-order valence-corrected chi connectivity index (χ3v) is 7.92. The first-order chi connectivity index (χ1) is 17.7. The molecule has 1 aromatic carbocycles. The Balaban J connectivity index is 1.23. The molecule has 8 heteroatoms. The van der Waals surface area contributed by atoms with E-state index in [9.17, 15) is 0 Å². The Morgan fingerprint density at radius 1 is 1.05 bits per heavy atom. The minimum atomic E-state index is 0.0416. The van der Waals surface area contributed by atoms with Crippen molar-refractivity contribution in [2.45, 2.75) is 89.8 Å². The first-order valence-corrected chi connectivity index (χ1v) is 13.5. The number of ether oxygens (including phenoxy) is 2. The third-order valence-electron chi connectivity index (χ3n) is 7.92. The van der Waals surface area contributed by atoms with Crippen LogP contribution >= 0.6 is 0 Å². The molecule has 1 N–H and O–H groups in total. The molecule has 8 nitrogen and oxygen atoms in total. The zero-order chi connectivity index (χ0) is 25.8. The summed E-state index contributed by atoms with van der Waals surface area (Å²) in [6.07, 6.45) is 11.3. The van der Waals surface area contributed by atoms with Gasteiger partial charge in [0.2, 0.25) is 5.88 Å². The molecule has 0 aliphatic carbocycles. The van der Waals surface area contributed by atoms with E-state index >= 15 is 0 Å². The van der Waals surface area contributed by atoms with E-state index in [1.807, 2.05) is 17.1 Å². The van der Waals surface area contributed by atoms with Crippen LogP contribution in [0.4, 0.5) is 5.82 Å². The number of nitrogens with one attached hydrogen (secondary N) is 1. The number of fused-ring (bicyclic) bond motifs is 3. The average Bonchev–Trinajstić information content (AvgIpc) is 3.37. The molecule has 3 aliphatic heterocycles. The van der Waals surface area contributed by atoms with Gasteiger partial charge in [-0.2, -0.15) is 10.1 Å². The van der Waals surface area contributed by atoms with Gasteiger partial charge in [0.25, 0.3) is 0 Å². The smallest absolute Gasteiger partial charge is 0.242 e. The number of rotatable bonds is 4. The number of anilines is 1. The molecule has 2 saturated heterocycles. The van der Waals surface area contributed by atoms with Crippen LogP contribution in [0.1, 0.15) is 71.6 Å². The largest absolute Gasteiger partial charge is 0.471 e. The molecule has 0 amide bonds. The van der Waals surface area contributed by atoms with Crippen LogP contribution in [0, 0.1) is 0 Å². The number of nitrogens with zero attached hydrogens (tertiary/aromatic N) is 5. The Kier molecular flexibility index (Phi) is 5.99. The van der Waals surface area contributed by atoms with E-state index < -0.39 is 0 Å². The van der Waals surface area contributed by atoms with Crippen LogP contribution in [0.3, 0.4) is 0 Å². The molecule has 0 bridgehead atoms. The second-order valence-electron chi connectivity index (χ2n) is 12.1. The van der Waals surface area contributed by atoms with E-state index in [1.54, 1.807) is 0 Å². The lowest BCUT2D eigenvalue weighted by Gasteiger charge is -2.49. The number of piperidine rings is 1. The van der Waals surface area contributed by atoms with Crippen molar-refractivity contribution < 1.29 is 9.47 Å². The fourth-order valence-electron chi connectivity index (χ4n) is 6.39. The van der Waals surface area contributed by atoms with Gasteiger partial charge in [-0.25, -0.2) is 9.67 Å². The maximum absolute atomic E-state index is 6.15. The van der Waals surface area contributed by atoms with Crippen LogP contribution in [0.15, 0.2) is 36.8 Å². The van der Waals surface area contributed by atoms with E-state index in [0.29, 0.717) is 18.5 Å². The fourth-order valence-corrected chi connectivity index (χ4v) is 6.39. The minimum absolute atomic E-state index is 0.0416. The summed E-state index contributed by atoms with van der Waals surface area (Å²) in [5.74, 6) is 1.47. The van der Waals surface area contributed by atoms with Gasteiger partial charge in [0.05, 0.1) is 12.4 Å². The minimum Gasteiger partial charge on any atom is -0.471 e. The predicted octanol–water partition coefficient (Wildman–Crippen LogP) is 5.34. The van der Waals surface area contributed by atoms with Crippen LogP contribution in [0.5, 0.6) is 5.88 Å². The first-order valence-electron chi connectivity index (χ1n) is 13.5. The standard InChI is InChI=1S/C29H38N6O2/c1-28(2)13-22(14-29(3,4)33-28)34(5)24-16-30-26-23-10-9-19(12-20(23)18-37-27(26)32-24)21-15-31-35(17-21)25-8-6-7-11-36-25/h9-10,12,15-17,22,25,33H,6-8,11,13-14,18H2,1-5H3. The van der Waals surface area contributed by atoms with E-state index in [0.717, 1.165) is 66.1 Å². The van der Waals surface area contributed by atoms with Crippen molar-refractivity contribution in [3.05, 3.63) is 42.4 Å². The summed E-state index contributed by atoms with van der Waals surface area (Å²) in [5.41, 5.74) is 5.34. The zero-order valence-electron chi connectivity index (χ0n) is 22.6. The lowest BCUT2D eigenvalue weighted by atomic mass is 9.79. The quantitative estimate of drug-likeness (QED) is 0.516. The van der Waals surface area contributed by atoms with Crippen LogP contribution < -0.4 is 15.0 Å². The molecule has 3 aromatic rings. The maximum atomic E-state index is 6.15. The monoisotopic (exact) mass is 502 g/mol. The lowest BCUT2D eigenvalue weighted by Crippen LogP contribution is -2.62. The molecule has 1 atom stereocenters. The average molecular weight is 503 g/mol. The summed E-state index contributed by atoms with van der Waals surface area (Å²) in [6.45, 7) is 10.4. The zero-order valence-corrected chi connectivity index (χ0v) is 22.6. The fraction of sp³-hybridized carbons (Fsp3) is 0.552. The van der Waals surface area contributed by atoms with Gasteiger partial charge < -0.3 is 19.7 Å². The molecule has 5 heterocycles. The predicted molar refractivity (Wildman–Crippen MR) is 145 cm³/mol. The van der Waals surface area contributed by atoms with E-state index in [1.165, 1.54) is 6.42 Å². The third kappa shape index (κ3) is 4.84. The molecule has 2 aromatic heterocycles. The molecule has 0 saturated carbocycles. The summed E-state index contributed by atoms with van der Waals surface area (Å²) in [5, 5.41) is 8.34. The highest BCUT2D eigenvalue weighted by Gasteiger charge is 2.39. The van der Waals surface area contributed by atoms with Gasteiger partial charge in [-0.1, -0.05) is 12.1 Å². The Labute approximate surface area is 219 Å². The van der Waals surface area contributed by atoms with Crippen LogP contribution in [0.2, 0.25) is 0 Å². The lowest BCUT2D eigenvalue weighted by molar-refractivity contribution is -0.0394. The van der Waals surface area contributed by atoms with Gasteiger partial charge in [0, 0.05) is 48.1 Å². The molecule has 196 valence electrons. The second kappa shape index (κ2) is 9.10. The molecular formula is C29H38N6O2. The number of hydrogen-bond donors (Lipinski definition) is 1. The van der Waals surface area contributed by atoms with Crippen LogP contribution in [-0.2, 0) is 11.3 Å². The summed E-state index contributed by atoms with van der Waals surface area (Å²) in [4.78, 5) is 12.0. The van der Waals surface area contributed by atoms with Gasteiger partial charge in [-0.05, 0) is 77.0 Å². The Bertz CT molecular complexity index is 1280. The van der Waals surface area contributed by atoms with Crippen molar-refractivity contribution in [3.63, 3.8) is 0 Å². The molecule has 3 aliphatic rings. The molecule has 1 unspecified atom stereocenters. The molecule has 0 spiro atoms. The second-order valence-corrected chi connectivity index (χ2v) is 12.1. The molecule has 2 fully saturated rings. The van der Waals surface area contributed by atoms with Crippen molar-refractivity contribution in [2.24, 2.45) is 0 Å². The summed E-state index contributed by atoms with van der Waals surface area (Å²) in [6, 6.07) is 6.83. The molecular weight excluding hydrogens is 464 g/mol. The van der Waals surface area contributed by atoms with Gasteiger partial charge in [-0.3, -0.25) is 0 Å². The van der Waals surface area contributed by atoms with Gasteiger partial charge in [0.1, 0.15) is 18.5 Å². The van der Waals surface area contributed by atoms with Gasteiger partial charge in [-0.15, -0.1) is 0 Å². The summed E-state index contributed by atoms with van der Waals surface area (Å²) in [7, 11) is 2.13. The van der Waals surface area contributed by atoms with E-state index in [-0.39, 0.29) is 17.3 Å². The van der Waals surface area contributed by atoms with Crippen molar-refractivity contribution in [2.75, 3.05) is 18.6 Å². The van der Waals surface area contributed by atoms with Crippen LogP contribution in [-0.4, -0.2) is 50.5 Å². The van der Waals surface area contributed by atoms with E-state index in [4.69, 9.17) is 19.4 Å². The van der Waals surface area contributed by atoms with Crippen molar-refractivity contribution in [1.29, 1.82) is 0 Å². The van der Waals surface area contributed by atoms with Gasteiger partial charge >= 0.3 is 0 Å². The summed E-state index contributed by atoms with van der Waals surface area (Å²) < 4.78 is 14.0. The number of aromatic nitrogens is 4. The first kappa shape index (κ1) is 24.4. The highest BCUT2D eigenvalue weighted by Crippen LogP contribution is 2.39. The normalized spacial score (nSPS) is 22.6. The van der Waals surface area contributed by atoms with E-state index in [2.05, 4.69) is 74.5 Å². The number of benzene rings is 1. The maximum Gasteiger partial charge on any atom is 0.242 e. The van der Waals surface area contributed by atoms with Crippen molar-refractivity contribution >= 4 is 5.82 Å². The van der Waals surface area contributed by atoms with Crippen LogP contribution in [0.25, 0.3) is 22.4 Å². The Morgan fingerprint density at radius 2 is 1.86 bits per heavy atom.